The van der Waals surface area contributed by atoms with Crippen LogP contribution < -0.4 is 10.6 Å². The summed E-state index contributed by atoms with van der Waals surface area (Å²) in [5.74, 6) is -0.428. The Morgan fingerprint density at radius 3 is 2.64 bits per heavy atom. The van der Waals surface area contributed by atoms with Gasteiger partial charge in [-0.1, -0.05) is 11.6 Å². The molecule has 1 aromatic carbocycles. The van der Waals surface area contributed by atoms with Crippen molar-refractivity contribution in [1.29, 1.82) is 0 Å². The van der Waals surface area contributed by atoms with Crippen molar-refractivity contribution in [1.82, 2.24) is 5.32 Å². The summed E-state index contributed by atoms with van der Waals surface area (Å²) in [6.45, 7) is 5.51. The van der Waals surface area contributed by atoms with Gasteiger partial charge in [0.15, 0.2) is 0 Å². The Kier molecular flexibility index (Phi) is 5.16. The molecule has 1 aliphatic carbocycles. The van der Waals surface area contributed by atoms with E-state index in [9.17, 15) is 9.18 Å². The number of benzene rings is 1. The number of alkyl carbamates (subject to hydrolysis) is 1. The van der Waals surface area contributed by atoms with E-state index < -0.39 is 11.4 Å². The van der Waals surface area contributed by atoms with E-state index in [1.165, 1.54) is 6.07 Å². The zero-order valence-electron chi connectivity index (χ0n) is 13.1. The summed E-state index contributed by atoms with van der Waals surface area (Å²) in [5, 5.41) is 6.30. The number of carbonyl (C=O) groups excluding carboxylic acids is 1. The van der Waals surface area contributed by atoms with Gasteiger partial charge in [-0.15, -0.1) is 0 Å². The first-order valence-electron chi connectivity index (χ1n) is 7.44. The molecule has 0 bridgehead atoms. The monoisotopic (exact) mass is 328 g/mol. The second-order valence-corrected chi connectivity index (χ2v) is 7.03. The van der Waals surface area contributed by atoms with Crippen LogP contribution in [0.25, 0.3) is 0 Å². The van der Waals surface area contributed by atoms with Crippen molar-refractivity contribution in [2.24, 2.45) is 0 Å². The molecule has 0 spiro atoms. The third-order valence-corrected chi connectivity index (χ3v) is 3.73. The van der Waals surface area contributed by atoms with Crippen molar-refractivity contribution in [3.63, 3.8) is 0 Å². The SMILES string of the molecule is CC(C)(C)OC(=O)NC1CCC(Nc2ccc(F)c(Cl)c2)C1. The summed E-state index contributed by atoms with van der Waals surface area (Å²) < 4.78 is 18.4. The fourth-order valence-electron chi connectivity index (χ4n) is 2.54. The maximum atomic E-state index is 13.1. The molecule has 0 heterocycles. The molecule has 2 atom stereocenters. The minimum atomic E-state index is -0.495. The quantitative estimate of drug-likeness (QED) is 0.868. The summed E-state index contributed by atoms with van der Waals surface area (Å²) in [4.78, 5) is 11.7. The van der Waals surface area contributed by atoms with E-state index in [1.807, 2.05) is 20.8 Å². The number of hydrogen-bond donors (Lipinski definition) is 2. The Morgan fingerprint density at radius 1 is 1.32 bits per heavy atom. The molecular formula is C16H22ClFN2O2. The van der Waals surface area contributed by atoms with Crippen molar-refractivity contribution in [2.75, 3.05) is 5.32 Å². The van der Waals surface area contributed by atoms with Crippen molar-refractivity contribution < 1.29 is 13.9 Å². The van der Waals surface area contributed by atoms with Gasteiger partial charge in [0, 0.05) is 17.8 Å². The number of ether oxygens (including phenoxy) is 1. The van der Waals surface area contributed by atoms with Gasteiger partial charge in [-0.2, -0.15) is 0 Å². The summed E-state index contributed by atoms with van der Waals surface area (Å²) in [5.41, 5.74) is 0.292. The molecule has 4 nitrogen and oxygen atoms in total. The van der Waals surface area contributed by atoms with Crippen LogP contribution in [-0.4, -0.2) is 23.8 Å². The Morgan fingerprint density at radius 2 is 2.00 bits per heavy atom. The van der Waals surface area contributed by atoms with E-state index in [4.69, 9.17) is 16.3 Å². The topological polar surface area (TPSA) is 50.4 Å². The molecular weight excluding hydrogens is 307 g/mol. The van der Waals surface area contributed by atoms with Gasteiger partial charge in [-0.25, -0.2) is 9.18 Å². The molecule has 1 saturated carbocycles. The number of rotatable bonds is 3. The summed E-state index contributed by atoms with van der Waals surface area (Å²) in [6, 6.07) is 4.89. The van der Waals surface area contributed by atoms with Gasteiger partial charge >= 0.3 is 6.09 Å². The lowest BCUT2D eigenvalue weighted by Crippen LogP contribution is -2.38. The number of halogens is 2. The highest BCUT2D eigenvalue weighted by molar-refractivity contribution is 6.31. The summed E-state index contributed by atoms with van der Waals surface area (Å²) in [6.07, 6.45) is 2.22. The van der Waals surface area contributed by atoms with Crippen LogP contribution in [-0.2, 0) is 4.74 Å². The Hall–Kier alpha value is -1.49. The van der Waals surface area contributed by atoms with Crippen LogP contribution in [0.1, 0.15) is 40.0 Å². The fourth-order valence-corrected chi connectivity index (χ4v) is 2.72. The molecule has 1 fully saturated rings. The zero-order valence-corrected chi connectivity index (χ0v) is 13.8. The van der Waals surface area contributed by atoms with Crippen LogP contribution in [0.2, 0.25) is 5.02 Å². The normalized spacial score (nSPS) is 21.5. The van der Waals surface area contributed by atoms with Crippen molar-refractivity contribution in [3.05, 3.63) is 29.0 Å². The molecule has 2 N–H and O–H groups in total. The maximum absolute atomic E-state index is 13.1. The molecule has 2 rings (SSSR count). The van der Waals surface area contributed by atoms with E-state index in [1.54, 1.807) is 12.1 Å². The second kappa shape index (κ2) is 6.73. The lowest BCUT2D eigenvalue weighted by atomic mass is 10.2. The Balaban J connectivity index is 1.82. The van der Waals surface area contributed by atoms with Gasteiger partial charge in [-0.05, 0) is 58.2 Å². The standard InChI is InChI=1S/C16H22ClFN2O2/c1-16(2,3)22-15(21)20-11-5-4-10(8-11)19-12-6-7-14(18)13(17)9-12/h6-7,9-11,19H,4-5,8H2,1-3H3,(H,20,21). The third kappa shape index (κ3) is 5.05. The van der Waals surface area contributed by atoms with Crippen LogP contribution >= 0.6 is 11.6 Å². The van der Waals surface area contributed by atoms with E-state index in [-0.39, 0.29) is 23.2 Å². The molecule has 2 unspecified atom stereocenters. The number of nitrogens with one attached hydrogen (secondary N) is 2. The maximum Gasteiger partial charge on any atom is 0.407 e. The van der Waals surface area contributed by atoms with Crippen LogP contribution in [0, 0.1) is 5.82 Å². The summed E-state index contributed by atoms with van der Waals surface area (Å²) in [7, 11) is 0. The third-order valence-electron chi connectivity index (χ3n) is 3.44. The number of hydrogen-bond acceptors (Lipinski definition) is 3. The molecule has 0 aliphatic heterocycles. The summed E-state index contributed by atoms with van der Waals surface area (Å²) >= 11 is 5.77. The smallest absolute Gasteiger partial charge is 0.407 e. The first-order chi connectivity index (χ1) is 10.2. The van der Waals surface area contributed by atoms with Crippen LogP contribution in [0.5, 0.6) is 0 Å². The molecule has 6 heteroatoms. The highest BCUT2D eigenvalue weighted by Crippen LogP contribution is 2.26. The average Bonchev–Trinajstić information content (AvgIpc) is 2.78. The van der Waals surface area contributed by atoms with Crippen molar-refractivity contribution in [2.45, 2.75) is 57.7 Å². The molecule has 0 saturated heterocycles. The van der Waals surface area contributed by atoms with Gasteiger partial charge in [-0.3, -0.25) is 0 Å². The van der Waals surface area contributed by atoms with Crippen molar-refractivity contribution >= 4 is 23.4 Å². The fraction of sp³-hybridized carbons (Fsp3) is 0.562. The van der Waals surface area contributed by atoms with E-state index in [0.29, 0.717) is 0 Å². The van der Waals surface area contributed by atoms with Gasteiger partial charge in [0.25, 0.3) is 0 Å². The first kappa shape index (κ1) is 16.9. The lowest BCUT2D eigenvalue weighted by molar-refractivity contribution is 0.0505. The molecule has 1 aromatic rings. The zero-order chi connectivity index (χ0) is 16.3. The Labute approximate surface area is 135 Å². The van der Waals surface area contributed by atoms with Gasteiger partial charge in [0.05, 0.1) is 5.02 Å². The highest BCUT2D eigenvalue weighted by Gasteiger charge is 2.27. The van der Waals surface area contributed by atoms with Crippen LogP contribution in [0.4, 0.5) is 14.9 Å². The second-order valence-electron chi connectivity index (χ2n) is 6.63. The minimum Gasteiger partial charge on any atom is -0.444 e. The lowest BCUT2D eigenvalue weighted by Gasteiger charge is -2.22. The van der Waals surface area contributed by atoms with E-state index in [0.717, 1.165) is 24.9 Å². The Bertz CT molecular complexity index is 545. The molecule has 1 aliphatic rings. The molecule has 122 valence electrons. The predicted octanol–water partition coefficient (Wildman–Crippen LogP) is 4.34. The predicted molar refractivity (Wildman–Crippen MR) is 85.8 cm³/mol. The van der Waals surface area contributed by atoms with Crippen molar-refractivity contribution in [3.8, 4) is 0 Å². The average molecular weight is 329 g/mol. The molecule has 22 heavy (non-hydrogen) atoms. The van der Waals surface area contributed by atoms with E-state index in [2.05, 4.69) is 10.6 Å². The van der Waals surface area contributed by atoms with Gasteiger partial charge in [0.1, 0.15) is 11.4 Å². The first-order valence-corrected chi connectivity index (χ1v) is 7.82. The van der Waals surface area contributed by atoms with E-state index >= 15 is 0 Å². The van der Waals surface area contributed by atoms with Crippen LogP contribution in [0.15, 0.2) is 18.2 Å². The largest absolute Gasteiger partial charge is 0.444 e. The molecule has 1 amide bonds. The van der Waals surface area contributed by atoms with Gasteiger partial charge in [0.2, 0.25) is 0 Å². The number of carbonyl (C=O) groups is 1. The highest BCUT2D eigenvalue weighted by atomic mass is 35.5. The van der Waals surface area contributed by atoms with Gasteiger partial charge < -0.3 is 15.4 Å². The minimum absolute atomic E-state index is 0.0864. The molecule has 0 radical (unpaired) electrons. The number of anilines is 1. The van der Waals surface area contributed by atoms with Crippen LogP contribution in [0.3, 0.4) is 0 Å². The number of amides is 1. The molecule has 0 aromatic heterocycles.